The minimum atomic E-state index is -0.485. The van der Waals surface area contributed by atoms with Gasteiger partial charge >= 0.3 is 0 Å². The number of anilines is 2. The van der Waals surface area contributed by atoms with Crippen LogP contribution in [0.15, 0.2) is 36.7 Å². The SMILES string of the molecule is CC(C)c1ccc(Nc2cnc(C(=O)N3CCC4(CC3)OCCO4)cn2)cc1. The number of carbonyl (C=O) groups excluding carboxylic acids is 1. The summed E-state index contributed by atoms with van der Waals surface area (Å²) in [6, 6.07) is 8.23. The van der Waals surface area contributed by atoms with Crippen LogP contribution >= 0.6 is 0 Å². The normalized spacial score (nSPS) is 18.6. The Hall–Kier alpha value is -2.51. The Kier molecular flexibility index (Phi) is 5.28. The zero-order valence-electron chi connectivity index (χ0n) is 16.4. The van der Waals surface area contributed by atoms with Crippen LogP contribution in [0.3, 0.4) is 0 Å². The fourth-order valence-electron chi connectivity index (χ4n) is 3.60. The van der Waals surface area contributed by atoms with E-state index in [1.807, 2.05) is 12.1 Å². The lowest BCUT2D eigenvalue weighted by Gasteiger charge is -2.37. The van der Waals surface area contributed by atoms with Gasteiger partial charge in [-0.1, -0.05) is 26.0 Å². The van der Waals surface area contributed by atoms with Crippen molar-refractivity contribution in [3.8, 4) is 0 Å². The predicted octanol–water partition coefficient (Wildman–Crippen LogP) is 3.32. The van der Waals surface area contributed by atoms with Crippen LogP contribution in [0.25, 0.3) is 0 Å². The standard InChI is InChI=1S/C21H26N4O3/c1-15(2)16-3-5-17(6-4-16)24-19-14-22-18(13-23-19)20(26)25-9-7-21(8-10-25)27-11-12-28-21/h3-6,13-15H,7-12H2,1-2H3,(H,23,24). The number of ether oxygens (including phenoxy) is 2. The topological polar surface area (TPSA) is 76.6 Å². The molecule has 0 radical (unpaired) electrons. The fourth-order valence-corrected chi connectivity index (χ4v) is 3.60. The third-order valence-electron chi connectivity index (χ3n) is 5.35. The van der Waals surface area contributed by atoms with Crippen LogP contribution in [0.4, 0.5) is 11.5 Å². The van der Waals surface area contributed by atoms with Crippen molar-refractivity contribution in [2.24, 2.45) is 0 Å². The molecule has 148 valence electrons. The average Bonchev–Trinajstić information content (AvgIpc) is 3.17. The number of hydrogen-bond acceptors (Lipinski definition) is 6. The van der Waals surface area contributed by atoms with Crippen molar-refractivity contribution in [1.29, 1.82) is 0 Å². The summed E-state index contributed by atoms with van der Waals surface area (Å²) in [6.45, 7) is 6.80. The first-order valence-corrected chi connectivity index (χ1v) is 9.81. The van der Waals surface area contributed by atoms with Gasteiger partial charge in [-0.05, 0) is 23.6 Å². The maximum atomic E-state index is 12.7. The van der Waals surface area contributed by atoms with Gasteiger partial charge in [-0.15, -0.1) is 0 Å². The number of nitrogens with one attached hydrogen (secondary N) is 1. The quantitative estimate of drug-likeness (QED) is 0.874. The maximum Gasteiger partial charge on any atom is 0.274 e. The summed E-state index contributed by atoms with van der Waals surface area (Å²) in [5, 5.41) is 3.22. The van der Waals surface area contributed by atoms with Crippen LogP contribution in [0, 0.1) is 0 Å². The molecule has 2 fully saturated rings. The second-order valence-electron chi connectivity index (χ2n) is 7.59. The summed E-state index contributed by atoms with van der Waals surface area (Å²) in [6.07, 6.45) is 4.51. The first-order chi connectivity index (χ1) is 13.5. The van der Waals surface area contributed by atoms with Crippen LogP contribution in [0.5, 0.6) is 0 Å². The van der Waals surface area contributed by atoms with E-state index in [0.717, 1.165) is 5.69 Å². The summed E-state index contributed by atoms with van der Waals surface area (Å²) in [4.78, 5) is 23.1. The lowest BCUT2D eigenvalue weighted by atomic mass is 10.0. The Bertz CT molecular complexity index is 805. The summed E-state index contributed by atoms with van der Waals surface area (Å²) in [5.41, 5.74) is 2.58. The second kappa shape index (κ2) is 7.85. The van der Waals surface area contributed by atoms with E-state index in [-0.39, 0.29) is 5.91 Å². The number of likely N-dealkylation sites (tertiary alicyclic amines) is 1. The van der Waals surface area contributed by atoms with Gasteiger partial charge in [-0.25, -0.2) is 9.97 Å². The van der Waals surface area contributed by atoms with Crippen molar-refractivity contribution in [2.45, 2.75) is 38.4 Å². The lowest BCUT2D eigenvalue weighted by molar-refractivity contribution is -0.181. The van der Waals surface area contributed by atoms with Gasteiger partial charge in [0.1, 0.15) is 11.5 Å². The Morgan fingerprint density at radius 2 is 1.75 bits per heavy atom. The molecule has 2 aliphatic heterocycles. The van der Waals surface area contributed by atoms with Crippen molar-refractivity contribution in [1.82, 2.24) is 14.9 Å². The van der Waals surface area contributed by atoms with Crippen molar-refractivity contribution in [2.75, 3.05) is 31.6 Å². The molecular formula is C21H26N4O3. The van der Waals surface area contributed by atoms with E-state index >= 15 is 0 Å². The number of aromatic nitrogens is 2. The third-order valence-corrected chi connectivity index (χ3v) is 5.35. The molecule has 7 heteroatoms. The monoisotopic (exact) mass is 382 g/mol. The molecule has 3 heterocycles. The second-order valence-corrected chi connectivity index (χ2v) is 7.59. The Labute approximate surface area is 165 Å². The predicted molar refractivity (Wildman–Crippen MR) is 106 cm³/mol. The Balaban J connectivity index is 1.35. The molecule has 0 unspecified atom stereocenters. The third kappa shape index (κ3) is 4.00. The number of carbonyl (C=O) groups is 1. The minimum Gasteiger partial charge on any atom is -0.347 e. The number of benzene rings is 1. The summed E-state index contributed by atoms with van der Waals surface area (Å²) >= 11 is 0. The van der Waals surface area contributed by atoms with E-state index in [9.17, 15) is 4.79 Å². The van der Waals surface area contributed by atoms with Gasteiger partial charge in [-0.3, -0.25) is 4.79 Å². The molecular weight excluding hydrogens is 356 g/mol. The van der Waals surface area contributed by atoms with Crippen LogP contribution in [0.1, 0.15) is 48.7 Å². The largest absolute Gasteiger partial charge is 0.347 e. The van der Waals surface area contributed by atoms with Gasteiger partial charge < -0.3 is 19.7 Å². The van der Waals surface area contributed by atoms with Gasteiger partial charge in [0, 0.05) is 31.6 Å². The van der Waals surface area contributed by atoms with Crippen molar-refractivity contribution in [3.05, 3.63) is 47.9 Å². The first-order valence-electron chi connectivity index (χ1n) is 9.81. The van der Waals surface area contributed by atoms with E-state index in [2.05, 4.69) is 41.3 Å². The molecule has 1 amide bonds. The van der Waals surface area contributed by atoms with E-state index in [0.29, 0.717) is 56.6 Å². The highest BCUT2D eigenvalue weighted by molar-refractivity contribution is 5.92. The van der Waals surface area contributed by atoms with Crippen molar-refractivity contribution in [3.63, 3.8) is 0 Å². The van der Waals surface area contributed by atoms with Gasteiger partial charge in [-0.2, -0.15) is 0 Å². The van der Waals surface area contributed by atoms with Crippen LogP contribution < -0.4 is 5.32 Å². The molecule has 1 N–H and O–H groups in total. The maximum absolute atomic E-state index is 12.7. The molecule has 0 aliphatic carbocycles. The van der Waals surface area contributed by atoms with Crippen molar-refractivity contribution < 1.29 is 14.3 Å². The number of rotatable bonds is 4. The number of nitrogens with zero attached hydrogens (tertiary/aromatic N) is 3. The zero-order valence-corrected chi connectivity index (χ0v) is 16.4. The van der Waals surface area contributed by atoms with E-state index in [4.69, 9.17) is 9.47 Å². The first kappa shape index (κ1) is 18.8. The average molecular weight is 382 g/mol. The molecule has 4 rings (SSSR count). The highest BCUT2D eigenvalue weighted by atomic mass is 16.7. The number of amides is 1. The smallest absolute Gasteiger partial charge is 0.274 e. The number of piperidine rings is 1. The van der Waals surface area contributed by atoms with Crippen LogP contribution in [-0.4, -0.2) is 52.9 Å². The van der Waals surface area contributed by atoms with Gasteiger partial charge in [0.25, 0.3) is 5.91 Å². The summed E-state index contributed by atoms with van der Waals surface area (Å²) < 4.78 is 11.4. The summed E-state index contributed by atoms with van der Waals surface area (Å²) in [5.74, 6) is 0.518. The molecule has 1 aromatic carbocycles. The molecule has 2 saturated heterocycles. The fraction of sp³-hybridized carbons (Fsp3) is 0.476. The molecule has 1 aromatic heterocycles. The van der Waals surface area contributed by atoms with E-state index in [1.165, 1.54) is 11.8 Å². The van der Waals surface area contributed by atoms with Crippen LogP contribution in [-0.2, 0) is 9.47 Å². The zero-order chi connectivity index (χ0) is 19.6. The molecule has 0 atom stereocenters. The van der Waals surface area contributed by atoms with Crippen molar-refractivity contribution >= 4 is 17.4 Å². The van der Waals surface area contributed by atoms with Gasteiger partial charge in [0.15, 0.2) is 5.79 Å². The van der Waals surface area contributed by atoms with Crippen LogP contribution in [0.2, 0.25) is 0 Å². The molecule has 28 heavy (non-hydrogen) atoms. The highest BCUT2D eigenvalue weighted by Gasteiger charge is 2.41. The Morgan fingerprint density at radius 1 is 1.07 bits per heavy atom. The van der Waals surface area contributed by atoms with Gasteiger partial charge in [0.2, 0.25) is 0 Å². The highest BCUT2D eigenvalue weighted by Crippen LogP contribution is 2.31. The number of hydrogen-bond donors (Lipinski definition) is 1. The molecule has 1 spiro atoms. The lowest BCUT2D eigenvalue weighted by Crippen LogP contribution is -2.47. The molecule has 7 nitrogen and oxygen atoms in total. The molecule has 2 aliphatic rings. The van der Waals surface area contributed by atoms with Gasteiger partial charge in [0.05, 0.1) is 25.6 Å². The van der Waals surface area contributed by atoms with E-state index < -0.39 is 5.79 Å². The molecule has 0 saturated carbocycles. The summed E-state index contributed by atoms with van der Waals surface area (Å²) in [7, 11) is 0. The minimum absolute atomic E-state index is 0.104. The molecule has 0 bridgehead atoms. The molecule has 2 aromatic rings. The van der Waals surface area contributed by atoms with E-state index in [1.54, 1.807) is 11.1 Å². The Morgan fingerprint density at radius 3 is 2.32 bits per heavy atom.